The quantitative estimate of drug-likeness (QED) is 0.186. The van der Waals surface area contributed by atoms with E-state index in [4.69, 9.17) is 9.47 Å². The Morgan fingerprint density at radius 2 is 0.925 bits per heavy atom. The van der Waals surface area contributed by atoms with Crippen LogP contribution in [0.25, 0.3) is 34.4 Å². The third-order valence-electron chi connectivity index (χ3n) is 9.95. The van der Waals surface area contributed by atoms with Gasteiger partial charge in [0.05, 0.1) is 0 Å². The van der Waals surface area contributed by atoms with E-state index in [1.807, 2.05) is 0 Å². The van der Waals surface area contributed by atoms with Gasteiger partial charge in [-0.1, -0.05) is 0 Å². The molecular formula is C36H40HfO2Si. The summed E-state index contributed by atoms with van der Waals surface area (Å²) >= 11 is -4.76. The summed E-state index contributed by atoms with van der Waals surface area (Å²) in [6, 6.07) is 30.7. The summed E-state index contributed by atoms with van der Waals surface area (Å²) in [6.07, 6.45) is 9.87. The molecule has 0 spiro atoms. The van der Waals surface area contributed by atoms with Gasteiger partial charge < -0.3 is 0 Å². The van der Waals surface area contributed by atoms with Crippen LogP contribution in [0.15, 0.2) is 97.1 Å². The zero-order valence-electron chi connectivity index (χ0n) is 24.6. The van der Waals surface area contributed by atoms with E-state index in [1.54, 1.807) is 14.2 Å². The van der Waals surface area contributed by atoms with Crippen LogP contribution in [-0.4, -0.2) is 21.2 Å². The molecule has 2 aliphatic rings. The van der Waals surface area contributed by atoms with E-state index in [-0.39, 0.29) is 0 Å². The molecule has 0 saturated carbocycles. The monoisotopic (exact) mass is 712 g/mol. The van der Waals surface area contributed by atoms with Gasteiger partial charge in [-0.05, 0) is 0 Å². The molecule has 0 heterocycles. The number of ether oxygens (including phenoxy) is 2. The van der Waals surface area contributed by atoms with E-state index in [2.05, 4.69) is 135 Å². The van der Waals surface area contributed by atoms with Crippen LogP contribution in [0.1, 0.15) is 29.6 Å². The van der Waals surface area contributed by atoms with Crippen LogP contribution in [0.4, 0.5) is 0 Å². The molecule has 204 valence electrons. The number of hydrogen-bond donors (Lipinski definition) is 0. The van der Waals surface area contributed by atoms with Crippen molar-refractivity contribution in [2.75, 3.05) is 14.2 Å². The average Bonchev–Trinajstić information content (AvgIpc) is 3.59. The van der Waals surface area contributed by atoms with Gasteiger partial charge in [0, 0.05) is 0 Å². The summed E-state index contributed by atoms with van der Waals surface area (Å²) in [5, 5.41) is 0. The molecule has 2 nitrogen and oxygen atoms in total. The first-order valence-electron chi connectivity index (χ1n) is 14.3. The second-order valence-corrected chi connectivity index (χ2v) is 103. The summed E-state index contributed by atoms with van der Waals surface area (Å²) in [5.74, 6) is 1.77. The fraction of sp³-hybridized carbons (Fsp3) is 0.222. The first-order chi connectivity index (χ1) is 18.8. The van der Waals surface area contributed by atoms with Gasteiger partial charge in [0.1, 0.15) is 0 Å². The fourth-order valence-corrected chi connectivity index (χ4v) is 36.4. The third-order valence-corrected chi connectivity index (χ3v) is 44.4. The van der Waals surface area contributed by atoms with Crippen LogP contribution >= 0.6 is 0 Å². The maximum atomic E-state index is 5.41. The number of rotatable bonds is 6. The topological polar surface area (TPSA) is 18.5 Å². The van der Waals surface area contributed by atoms with E-state index in [9.17, 15) is 0 Å². The Kier molecular flexibility index (Phi) is 5.50. The maximum absolute atomic E-state index is 5.41. The molecule has 0 amide bonds. The van der Waals surface area contributed by atoms with E-state index in [0.717, 1.165) is 11.5 Å². The SMILES string of the molecule is COc1ccc(-c2cccc3c2C=C[CH]3[Hf]([CH3])([CH3])([CH3])([CH3])(=[SiH2])[CH]2C=Cc3c(-c4ccc(OC)cc4)cccc32)cc1. The predicted octanol–water partition coefficient (Wildman–Crippen LogP) is 9.38. The molecule has 40 heavy (non-hydrogen) atoms. The second-order valence-electron chi connectivity index (χ2n) is 16.0. The molecule has 4 aromatic rings. The molecule has 4 aromatic carbocycles. The van der Waals surface area contributed by atoms with Crippen molar-refractivity contribution in [3.8, 4) is 33.8 Å². The van der Waals surface area contributed by atoms with Crippen LogP contribution in [0.5, 0.6) is 11.5 Å². The molecule has 0 N–H and O–H groups in total. The number of methoxy groups -OCH3 is 2. The Morgan fingerprint density at radius 3 is 1.27 bits per heavy atom. The summed E-state index contributed by atoms with van der Waals surface area (Å²) in [4.78, 5) is 0. The van der Waals surface area contributed by atoms with E-state index in [1.165, 1.54) is 44.5 Å². The van der Waals surface area contributed by atoms with E-state index in [0.29, 0.717) is 7.35 Å². The average molecular weight is 711 g/mol. The molecule has 0 aromatic heterocycles. The summed E-state index contributed by atoms with van der Waals surface area (Å²) in [6.45, 7) is 2.37. The molecule has 0 radical (unpaired) electrons. The molecule has 4 heteroatoms. The number of allylic oxidation sites excluding steroid dienone is 2. The standard InChI is InChI=1S/2C16H13O.4CH3.Hf.H2Si/c2*1-17-14-10-8-13(9-11-14)16-7-3-5-12-4-2-6-15(12)16;;;;;;/h2*2-11H,1H3;4*1H3;;1H2. The van der Waals surface area contributed by atoms with E-state index >= 15 is 0 Å². The Balaban J connectivity index is 1.48. The van der Waals surface area contributed by atoms with Gasteiger partial charge in [-0.15, -0.1) is 0 Å². The van der Waals surface area contributed by atoms with Gasteiger partial charge in [-0.25, -0.2) is 0 Å². The molecule has 0 saturated heterocycles. The molecule has 6 rings (SSSR count). The van der Waals surface area contributed by atoms with Gasteiger partial charge in [0.15, 0.2) is 0 Å². The molecule has 2 atom stereocenters. The van der Waals surface area contributed by atoms with Crippen LogP contribution < -0.4 is 9.47 Å². The molecule has 2 unspecified atom stereocenters. The summed E-state index contributed by atoms with van der Waals surface area (Å²) in [5.41, 5.74) is 10.7. The molecular weight excluding hydrogens is 671 g/mol. The van der Waals surface area contributed by atoms with Crippen molar-refractivity contribution in [3.05, 3.63) is 119 Å². The van der Waals surface area contributed by atoms with Crippen molar-refractivity contribution < 1.29 is 23.7 Å². The van der Waals surface area contributed by atoms with Gasteiger partial charge in [0.25, 0.3) is 0 Å². The molecule has 0 fully saturated rings. The first kappa shape index (κ1) is 27.2. The van der Waals surface area contributed by atoms with Gasteiger partial charge in [0.2, 0.25) is 0 Å². The summed E-state index contributed by atoms with van der Waals surface area (Å²) < 4.78 is 22.3. The Morgan fingerprint density at radius 1 is 0.550 bits per heavy atom. The number of hydrogen-bond acceptors (Lipinski definition) is 2. The van der Waals surface area contributed by atoms with Crippen LogP contribution in [0, 0.1) is 0 Å². The van der Waals surface area contributed by atoms with Gasteiger partial charge >= 0.3 is 236 Å². The zero-order valence-corrected chi connectivity index (χ0v) is 29.6. The zero-order chi connectivity index (χ0) is 28.4. The number of benzene rings is 4. The predicted molar refractivity (Wildman–Crippen MR) is 172 cm³/mol. The first-order valence-corrected chi connectivity index (χ1v) is 41.1. The van der Waals surface area contributed by atoms with Crippen LogP contribution in [0.2, 0.25) is 18.7 Å². The van der Waals surface area contributed by atoms with Crippen molar-refractivity contribution >= 4 is 19.1 Å². The Labute approximate surface area is 234 Å². The second kappa shape index (κ2) is 8.08. The number of fused-ring (bicyclic) bond motifs is 2. The Bertz CT molecular complexity index is 1710. The Hall–Kier alpha value is -2.95. The van der Waals surface area contributed by atoms with Crippen molar-refractivity contribution in [1.29, 1.82) is 0 Å². The van der Waals surface area contributed by atoms with E-state index < -0.39 is 14.2 Å². The van der Waals surface area contributed by atoms with Gasteiger partial charge in [-0.2, -0.15) is 0 Å². The van der Waals surface area contributed by atoms with Crippen molar-refractivity contribution in [2.45, 2.75) is 26.1 Å². The summed E-state index contributed by atoms with van der Waals surface area (Å²) in [7, 11) is 3.44. The molecule has 0 bridgehead atoms. The van der Waals surface area contributed by atoms with Crippen molar-refractivity contribution in [3.63, 3.8) is 0 Å². The fourth-order valence-electron chi connectivity index (χ4n) is 7.57. The molecule has 2 aliphatic carbocycles. The van der Waals surface area contributed by atoms with Crippen molar-refractivity contribution in [1.82, 2.24) is 0 Å². The van der Waals surface area contributed by atoms with Crippen LogP contribution in [-0.2, 0) is 14.2 Å². The van der Waals surface area contributed by atoms with Crippen LogP contribution in [0.3, 0.4) is 0 Å². The molecule has 0 aliphatic heterocycles. The van der Waals surface area contributed by atoms with Crippen molar-refractivity contribution in [2.24, 2.45) is 0 Å². The minimum absolute atomic E-state index is 0.376. The normalized spacial score (nSPS) is 20.1. The van der Waals surface area contributed by atoms with Gasteiger partial charge in [-0.3, -0.25) is 0 Å². The third kappa shape index (κ3) is 4.14. The minimum atomic E-state index is -4.76.